The molecule has 3 aliphatic rings. The maximum atomic E-state index is 12.9. The number of piperazine rings is 1. The second-order valence-corrected chi connectivity index (χ2v) is 9.52. The molecule has 3 atom stereocenters. The van der Waals surface area contributed by atoms with Crippen LogP contribution in [0, 0.1) is 5.92 Å². The third kappa shape index (κ3) is 3.97. The Labute approximate surface area is 160 Å². The van der Waals surface area contributed by atoms with Gasteiger partial charge in [-0.1, -0.05) is 12.8 Å². The van der Waals surface area contributed by atoms with Gasteiger partial charge in [-0.15, -0.1) is 0 Å². The fourth-order valence-electron chi connectivity index (χ4n) is 4.76. The van der Waals surface area contributed by atoms with Gasteiger partial charge in [-0.05, 0) is 49.4 Å². The SMILES string of the molecule is NS(=O)(=O)c1ccc(N2CCN(C(=O)C3CC4CCCCC4N3)CC2)cc1. The zero-order valence-electron chi connectivity index (χ0n) is 15.5. The van der Waals surface area contributed by atoms with Crippen LogP contribution in [0.4, 0.5) is 5.69 Å². The lowest BCUT2D eigenvalue weighted by Gasteiger charge is -2.37. The average Bonchev–Trinajstić information content (AvgIpc) is 3.11. The molecule has 2 aliphatic heterocycles. The van der Waals surface area contributed by atoms with Gasteiger partial charge < -0.3 is 15.1 Å². The molecule has 1 aromatic carbocycles. The molecule has 1 amide bonds. The lowest BCUT2D eigenvalue weighted by Crippen LogP contribution is -2.53. The second kappa shape index (κ2) is 7.41. The first-order valence-electron chi connectivity index (χ1n) is 9.84. The van der Waals surface area contributed by atoms with E-state index in [2.05, 4.69) is 10.2 Å². The molecule has 1 aliphatic carbocycles. The summed E-state index contributed by atoms with van der Waals surface area (Å²) >= 11 is 0. The van der Waals surface area contributed by atoms with E-state index in [0.29, 0.717) is 25.0 Å². The molecule has 7 nitrogen and oxygen atoms in total. The highest BCUT2D eigenvalue weighted by Crippen LogP contribution is 2.33. The number of hydrogen-bond acceptors (Lipinski definition) is 5. The van der Waals surface area contributed by atoms with Gasteiger partial charge in [0, 0.05) is 37.9 Å². The molecule has 1 aromatic rings. The van der Waals surface area contributed by atoms with Gasteiger partial charge in [0.25, 0.3) is 0 Å². The van der Waals surface area contributed by atoms with Crippen molar-refractivity contribution < 1.29 is 13.2 Å². The van der Waals surface area contributed by atoms with Gasteiger partial charge in [0.1, 0.15) is 0 Å². The molecular weight excluding hydrogens is 364 g/mol. The van der Waals surface area contributed by atoms with Crippen LogP contribution < -0.4 is 15.4 Å². The van der Waals surface area contributed by atoms with E-state index in [0.717, 1.165) is 25.2 Å². The van der Waals surface area contributed by atoms with Crippen molar-refractivity contribution in [3.63, 3.8) is 0 Å². The van der Waals surface area contributed by atoms with Crippen molar-refractivity contribution >= 4 is 21.6 Å². The second-order valence-electron chi connectivity index (χ2n) is 7.96. The van der Waals surface area contributed by atoms with Crippen LogP contribution in [-0.2, 0) is 14.8 Å². The average molecular weight is 393 g/mol. The van der Waals surface area contributed by atoms with Crippen molar-refractivity contribution in [1.29, 1.82) is 0 Å². The number of nitrogens with zero attached hydrogens (tertiary/aromatic N) is 2. The number of anilines is 1. The summed E-state index contributed by atoms with van der Waals surface area (Å²) < 4.78 is 22.7. The Kier molecular flexibility index (Phi) is 5.13. The molecule has 1 saturated carbocycles. The summed E-state index contributed by atoms with van der Waals surface area (Å²) in [5.74, 6) is 0.917. The van der Waals surface area contributed by atoms with Crippen LogP contribution in [0.15, 0.2) is 29.2 Å². The third-order valence-corrected chi connectivity index (χ3v) is 7.21. The maximum absolute atomic E-state index is 12.9. The van der Waals surface area contributed by atoms with Crippen LogP contribution in [0.1, 0.15) is 32.1 Å². The lowest BCUT2D eigenvalue weighted by molar-refractivity contribution is -0.133. The Balaban J connectivity index is 1.33. The highest BCUT2D eigenvalue weighted by atomic mass is 32.2. The van der Waals surface area contributed by atoms with Gasteiger partial charge >= 0.3 is 0 Å². The Morgan fingerprint density at radius 1 is 1.04 bits per heavy atom. The van der Waals surface area contributed by atoms with E-state index in [1.54, 1.807) is 12.1 Å². The minimum Gasteiger partial charge on any atom is -0.368 e. The molecule has 4 rings (SSSR count). The van der Waals surface area contributed by atoms with E-state index in [1.165, 1.54) is 37.8 Å². The van der Waals surface area contributed by atoms with Crippen LogP contribution in [0.2, 0.25) is 0 Å². The Morgan fingerprint density at radius 3 is 2.33 bits per heavy atom. The van der Waals surface area contributed by atoms with E-state index in [1.807, 2.05) is 4.90 Å². The molecule has 3 fully saturated rings. The monoisotopic (exact) mass is 392 g/mol. The molecule has 3 unspecified atom stereocenters. The first-order chi connectivity index (χ1) is 12.9. The molecule has 8 heteroatoms. The molecule has 0 radical (unpaired) electrons. The van der Waals surface area contributed by atoms with Crippen molar-refractivity contribution in [1.82, 2.24) is 10.2 Å². The predicted molar refractivity (Wildman–Crippen MR) is 104 cm³/mol. The van der Waals surface area contributed by atoms with E-state index in [4.69, 9.17) is 5.14 Å². The fourth-order valence-corrected chi connectivity index (χ4v) is 5.28. The predicted octanol–water partition coefficient (Wildman–Crippen LogP) is 0.903. The van der Waals surface area contributed by atoms with Crippen LogP contribution in [0.3, 0.4) is 0 Å². The number of primary sulfonamides is 1. The Morgan fingerprint density at radius 2 is 1.70 bits per heavy atom. The summed E-state index contributed by atoms with van der Waals surface area (Å²) in [6.07, 6.45) is 6.02. The standard InChI is InChI=1S/C19H28N4O3S/c20-27(25,26)16-7-5-15(6-8-16)22-9-11-23(12-10-22)19(24)18-13-14-3-1-2-4-17(14)21-18/h5-8,14,17-18,21H,1-4,9-13H2,(H2,20,25,26). The number of sulfonamides is 1. The van der Waals surface area contributed by atoms with Crippen LogP contribution in [0.25, 0.3) is 0 Å². The van der Waals surface area contributed by atoms with Crippen molar-refractivity contribution in [2.45, 2.75) is 49.1 Å². The Bertz CT molecular complexity index is 774. The van der Waals surface area contributed by atoms with Crippen molar-refractivity contribution in [2.75, 3.05) is 31.1 Å². The zero-order chi connectivity index (χ0) is 19.0. The topological polar surface area (TPSA) is 95.7 Å². The van der Waals surface area contributed by atoms with Crippen molar-refractivity contribution in [3.05, 3.63) is 24.3 Å². The number of benzene rings is 1. The normalized spacial score (nSPS) is 28.9. The van der Waals surface area contributed by atoms with Gasteiger partial charge in [0.05, 0.1) is 10.9 Å². The third-order valence-electron chi connectivity index (χ3n) is 6.28. The number of nitrogens with one attached hydrogen (secondary N) is 1. The van der Waals surface area contributed by atoms with Gasteiger partial charge in [-0.2, -0.15) is 0 Å². The molecule has 0 spiro atoms. The van der Waals surface area contributed by atoms with Gasteiger partial charge in [0.2, 0.25) is 15.9 Å². The van der Waals surface area contributed by atoms with Crippen molar-refractivity contribution in [2.24, 2.45) is 11.1 Å². The number of carbonyl (C=O) groups is 1. The first kappa shape index (κ1) is 18.7. The number of amides is 1. The largest absolute Gasteiger partial charge is 0.368 e. The Hall–Kier alpha value is -1.64. The number of carbonyl (C=O) groups excluding carboxylic acids is 1. The van der Waals surface area contributed by atoms with E-state index >= 15 is 0 Å². The fraction of sp³-hybridized carbons (Fsp3) is 0.632. The van der Waals surface area contributed by atoms with Crippen molar-refractivity contribution in [3.8, 4) is 0 Å². The molecule has 0 aromatic heterocycles. The number of fused-ring (bicyclic) bond motifs is 1. The van der Waals surface area contributed by atoms with Crippen LogP contribution in [-0.4, -0.2) is 57.5 Å². The highest BCUT2D eigenvalue weighted by molar-refractivity contribution is 7.89. The quantitative estimate of drug-likeness (QED) is 0.797. The summed E-state index contributed by atoms with van der Waals surface area (Å²) in [5, 5.41) is 8.73. The molecule has 3 N–H and O–H groups in total. The number of rotatable bonds is 3. The van der Waals surface area contributed by atoms with E-state index in [-0.39, 0.29) is 16.8 Å². The van der Waals surface area contributed by atoms with E-state index < -0.39 is 10.0 Å². The van der Waals surface area contributed by atoms with Crippen LogP contribution in [0.5, 0.6) is 0 Å². The molecular formula is C19H28N4O3S. The molecule has 27 heavy (non-hydrogen) atoms. The minimum atomic E-state index is -3.67. The summed E-state index contributed by atoms with van der Waals surface area (Å²) in [5.41, 5.74) is 0.958. The van der Waals surface area contributed by atoms with Crippen LogP contribution >= 0.6 is 0 Å². The van der Waals surface area contributed by atoms with E-state index in [9.17, 15) is 13.2 Å². The summed E-state index contributed by atoms with van der Waals surface area (Å²) in [6, 6.07) is 7.14. The smallest absolute Gasteiger partial charge is 0.239 e. The lowest BCUT2D eigenvalue weighted by atomic mass is 9.85. The molecule has 148 valence electrons. The van der Waals surface area contributed by atoms with Gasteiger partial charge in [-0.3, -0.25) is 4.79 Å². The first-order valence-corrected chi connectivity index (χ1v) is 11.4. The summed E-state index contributed by atoms with van der Waals surface area (Å²) in [7, 11) is -3.67. The minimum absolute atomic E-state index is 0.0151. The summed E-state index contributed by atoms with van der Waals surface area (Å²) in [4.78, 5) is 17.2. The zero-order valence-corrected chi connectivity index (χ0v) is 16.3. The van der Waals surface area contributed by atoms with Gasteiger partial charge in [0.15, 0.2) is 0 Å². The number of nitrogens with two attached hydrogens (primary N) is 1. The molecule has 2 saturated heterocycles. The molecule has 2 heterocycles. The van der Waals surface area contributed by atoms with Gasteiger partial charge in [-0.25, -0.2) is 13.6 Å². The number of hydrogen-bond donors (Lipinski definition) is 2. The molecule has 0 bridgehead atoms. The highest BCUT2D eigenvalue weighted by Gasteiger charge is 2.40. The maximum Gasteiger partial charge on any atom is 0.239 e. The summed E-state index contributed by atoms with van der Waals surface area (Å²) in [6.45, 7) is 2.90.